The van der Waals surface area contributed by atoms with Crippen LogP contribution in [0.25, 0.3) is 0 Å². The van der Waals surface area contributed by atoms with Gasteiger partial charge in [0.05, 0.1) is 24.8 Å². The molecule has 4 aromatic carbocycles. The van der Waals surface area contributed by atoms with Crippen LogP contribution in [-0.2, 0) is 32.6 Å². The minimum atomic E-state index is -4.33. The number of benzene rings is 4. The van der Waals surface area contributed by atoms with Gasteiger partial charge in [-0.05, 0) is 71.8 Å². The van der Waals surface area contributed by atoms with Gasteiger partial charge in [-0.25, -0.2) is 12.8 Å². The summed E-state index contributed by atoms with van der Waals surface area (Å²) >= 11 is 0. The average Bonchev–Trinajstić information content (AvgIpc) is 3.05. The van der Waals surface area contributed by atoms with Crippen LogP contribution < -0.4 is 19.1 Å². The molecule has 4 rings (SSSR count). The lowest BCUT2D eigenvalue weighted by molar-refractivity contribution is -0.139. The molecule has 2 amide bonds. The number of ether oxygens (including phenoxy) is 2. The normalized spacial score (nSPS) is 11.7. The maximum Gasteiger partial charge on any atom is 0.264 e. The Hall–Kier alpha value is -4.90. The molecule has 1 unspecified atom stereocenters. The Balaban J connectivity index is 1.79. The number of hydrogen-bond acceptors (Lipinski definition) is 6. The second-order valence-electron chi connectivity index (χ2n) is 9.86. The quantitative estimate of drug-likeness (QED) is 0.238. The Morgan fingerprint density at radius 1 is 0.818 bits per heavy atom. The van der Waals surface area contributed by atoms with Crippen molar-refractivity contribution in [3.8, 4) is 11.5 Å². The van der Waals surface area contributed by atoms with Crippen LogP contribution in [0.15, 0.2) is 108 Å². The molecule has 11 heteroatoms. The summed E-state index contributed by atoms with van der Waals surface area (Å²) in [5.74, 6) is -0.615. The molecule has 44 heavy (non-hydrogen) atoms. The number of likely N-dealkylation sites (N-methyl/N-ethyl adjacent to an activating group) is 1. The van der Waals surface area contributed by atoms with Gasteiger partial charge in [0, 0.05) is 20.0 Å². The van der Waals surface area contributed by atoms with Crippen LogP contribution in [0.1, 0.15) is 11.1 Å². The smallest absolute Gasteiger partial charge is 0.264 e. The number of hydrogen-bond donors (Lipinski definition) is 1. The fourth-order valence-corrected chi connectivity index (χ4v) is 6.11. The van der Waals surface area contributed by atoms with E-state index in [0.717, 1.165) is 22.0 Å². The van der Waals surface area contributed by atoms with Crippen molar-refractivity contribution in [3.05, 3.63) is 120 Å². The van der Waals surface area contributed by atoms with E-state index < -0.39 is 40.2 Å². The van der Waals surface area contributed by atoms with Crippen LogP contribution >= 0.6 is 0 Å². The third-order valence-electron chi connectivity index (χ3n) is 7.05. The molecular formula is C33H34FN3O6S. The maximum atomic E-state index is 14.3. The molecule has 0 saturated heterocycles. The number of carbonyl (C=O) groups is 2. The maximum absolute atomic E-state index is 14.3. The molecule has 4 aromatic rings. The number of anilines is 1. The molecule has 0 aliphatic heterocycles. The number of methoxy groups -OCH3 is 2. The Kier molecular flexibility index (Phi) is 10.6. The first-order valence-corrected chi connectivity index (χ1v) is 15.2. The molecule has 0 heterocycles. The van der Waals surface area contributed by atoms with Gasteiger partial charge in [-0.2, -0.15) is 0 Å². The van der Waals surface area contributed by atoms with Gasteiger partial charge in [0.1, 0.15) is 29.9 Å². The summed E-state index contributed by atoms with van der Waals surface area (Å²) < 4.78 is 53.3. The van der Waals surface area contributed by atoms with Crippen molar-refractivity contribution < 1.29 is 31.9 Å². The molecule has 0 saturated carbocycles. The lowest BCUT2D eigenvalue weighted by atomic mass is 10.0. The van der Waals surface area contributed by atoms with Crippen molar-refractivity contribution in [3.63, 3.8) is 0 Å². The zero-order chi connectivity index (χ0) is 31.7. The summed E-state index contributed by atoms with van der Waals surface area (Å²) in [6.45, 7) is -0.674. The lowest BCUT2D eigenvalue weighted by Gasteiger charge is -2.33. The summed E-state index contributed by atoms with van der Waals surface area (Å²) in [6.07, 6.45) is 0.179. The molecule has 0 aromatic heterocycles. The van der Waals surface area contributed by atoms with Gasteiger partial charge in [0.25, 0.3) is 10.0 Å². The Bertz CT molecular complexity index is 1670. The molecule has 0 bridgehead atoms. The molecular weight excluding hydrogens is 585 g/mol. The largest absolute Gasteiger partial charge is 0.497 e. The molecule has 230 valence electrons. The van der Waals surface area contributed by atoms with E-state index >= 15 is 0 Å². The van der Waals surface area contributed by atoms with Crippen molar-refractivity contribution in [1.82, 2.24) is 10.2 Å². The van der Waals surface area contributed by atoms with Crippen molar-refractivity contribution in [2.45, 2.75) is 23.9 Å². The highest BCUT2D eigenvalue weighted by molar-refractivity contribution is 7.92. The van der Waals surface area contributed by atoms with E-state index in [1.54, 1.807) is 24.3 Å². The molecule has 0 aliphatic carbocycles. The SMILES string of the molecule is CNC(=O)C(Cc1ccccc1)N(Cc1cccc(OC)c1)C(=O)CN(c1ccc(F)cc1)S(=O)(=O)c1ccc(OC)cc1. The topological polar surface area (TPSA) is 105 Å². The van der Waals surface area contributed by atoms with Crippen molar-refractivity contribution in [2.24, 2.45) is 0 Å². The average molecular weight is 620 g/mol. The van der Waals surface area contributed by atoms with Crippen molar-refractivity contribution >= 4 is 27.5 Å². The van der Waals surface area contributed by atoms with Crippen LogP contribution in [0, 0.1) is 5.82 Å². The van der Waals surface area contributed by atoms with Crippen molar-refractivity contribution in [1.29, 1.82) is 0 Å². The number of rotatable bonds is 13. The molecule has 0 radical (unpaired) electrons. The van der Waals surface area contributed by atoms with Crippen LogP contribution in [0.4, 0.5) is 10.1 Å². The van der Waals surface area contributed by atoms with Crippen LogP contribution in [0.3, 0.4) is 0 Å². The van der Waals surface area contributed by atoms with E-state index in [9.17, 15) is 22.4 Å². The zero-order valence-corrected chi connectivity index (χ0v) is 25.5. The summed E-state index contributed by atoms with van der Waals surface area (Å²) in [5.41, 5.74) is 1.56. The van der Waals surface area contributed by atoms with Gasteiger partial charge in [-0.15, -0.1) is 0 Å². The third-order valence-corrected chi connectivity index (χ3v) is 8.83. The van der Waals surface area contributed by atoms with Crippen LogP contribution in [0.2, 0.25) is 0 Å². The van der Waals surface area contributed by atoms with E-state index in [-0.39, 0.29) is 23.5 Å². The highest BCUT2D eigenvalue weighted by atomic mass is 32.2. The van der Waals surface area contributed by atoms with Gasteiger partial charge >= 0.3 is 0 Å². The predicted octanol–water partition coefficient (Wildman–Crippen LogP) is 4.42. The fraction of sp³-hybridized carbons (Fsp3) is 0.212. The summed E-state index contributed by atoms with van der Waals surface area (Å²) in [4.78, 5) is 28.9. The monoisotopic (exact) mass is 619 g/mol. The van der Waals surface area contributed by atoms with Crippen LogP contribution in [0.5, 0.6) is 11.5 Å². The highest BCUT2D eigenvalue weighted by Crippen LogP contribution is 2.27. The number of nitrogens with zero attached hydrogens (tertiary/aromatic N) is 2. The van der Waals surface area contributed by atoms with E-state index in [4.69, 9.17) is 9.47 Å². The standard InChI is InChI=1S/C33H34FN3O6S/c1-35-33(39)31(21-24-8-5-4-6-9-24)36(22-25-10-7-11-29(20-25)43-3)32(38)23-37(27-14-12-26(34)13-15-27)44(40,41)30-18-16-28(42-2)17-19-30/h4-20,31H,21-23H2,1-3H3,(H,35,39). The number of halogens is 1. The first-order valence-electron chi connectivity index (χ1n) is 13.8. The highest BCUT2D eigenvalue weighted by Gasteiger charge is 2.34. The Morgan fingerprint density at radius 3 is 2.07 bits per heavy atom. The summed E-state index contributed by atoms with van der Waals surface area (Å²) in [5, 5.41) is 2.64. The molecule has 1 N–H and O–H groups in total. The number of nitrogens with one attached hydrogen (secondary N) is 1. The predicted molar refractivity (Wildman–Crippen MR) is 165 cm³/mol. The van der Waals surface area contributed by atoms with Gasteiger partial charge in [-0.1, -0.05) is 42.5 Å². The second-order valence-corrected chi connectivity index (χ2v) is 11.7. The number of amides is 2. The van der Waals surface area contributed by atoms with Gasteiger partial charge < -0.3 is 19.7 Å². The van der Waals surface area contributed by atoms with Gasteiger partial charge in [-0.3, -0.25) is 13.9 Å². The van der Waals surface area contributed by atoms with E-state index in [1.807, 2.05) is 30.3 Å². The minimum Gasteiger partial charge on any atom is -0.497 e. The fourth-order valence-electron chi connectivity index (χ4n) is 4.70. The van der Waals surface area contributed by atoms with Crippen molar-refractivity contribution in [2.75, 3.05) is 32.1 Å². The van der Waals surface area contributed by atoms with E-state index in [2.05, 4.69) is 5.32 Å². The lowest BCUT2D eigenvalue weighted by Crippen LogP contribution is -2.53. The van der Waals surface area contributed by atoms with Gasteiger partial charge in [0.15, 0.2) is 0 Å². The Labute approximate surface area is 256 Å². The van der Waals surface area contributed by atoms with E-state index in [0.29, 0.717) is 17.1 Å². The summed E-state index contributed by atoms with van der Waals surface area (Å²) in [7, 11) is 0.136. The van der Waals surface area contributed by atoms with Gasteiger partial charge in [0.2, 0.25) is 11.8 Å². The van der Waals surface area contributed by atoms with E-state index in [1.165, 1.54) is 62.6 Å². The molecule has 0 fully saturated rings. The molecule has 1 atom stereocenters. The zero-order valence-electron chi connectivity index (χ0n) is 24.6. The first-order chi connectivity index (χ1) is 21.2. The minimum absolute atomic E-state index is 0.0131. The molecule has 0 spiro atoms. The van der Waals surface area contributed by atoms with Crippen LogP contribution in [-0.4, -0.2) is 59.0 Å². The first kappa shape index (κ1) is 32.0. The molecule has 0 aliphatic rings. The second kappa shape index (κ2) is 14.5. The Morgan fingerprint density at radius 2 is 1.45 bits per heavy atom. The number of sulfonamides is 1. The molecule has 9 nitrogen and oxygen atoms in total. The third kappa shape index (κ3) is 7.73. The number of carbonyl (C=O) groups excluding carboxylic acids is 2. The summed E-state index contributed by atoms with van der Waals surface area (Å²) in [6, 6.07) is 25.8.